The molecule has 1 aromatic heterocycles. The lowest BCUT2D eigenvalue weighted by atomic mass is 9.81. The van der Waals surface area contributed by atoms with Crippen LogP contribution in [0, 0.1) is 16.7 Å². The summed E-state index contributed by atoms with van der Waals surface area (Å²) in [4.78, 5) is 15.8. The molecular weight excluding hydrogens is 188 g/mol. The summed E-state index contributed by atoms with van der Waals surface area (Å²) in [5, 5.41) is 9.02. The minimum absolute atomic E-state index is 0.0591. The van der Waals surface area contributed by atoms with E-state index in [4.69, 9.17) is 5.26 Å². The van der Waals surface area contributed by atoms with Crippen molar-refractivity contribution >= 4 is 5.78 Å². The maximum absolute atomic E-state index is 12.0. The van der Waals surface area contributed by atoms with E-state index >= 15 is 0 Å². The first-order valence-corrected chi connectivity index (χ1v) is 4.80. The number of hydrogen-bond acceptors (Lipinski definition) is 3. The van der Waals surface area contributed by atoms with Gasteiger partial charge < -0.3 is 0 Å². The lowest BCUT2D eigenvalue weighted by Crippen LogP contribution is -2.26. The van der Waals surface area contributed by atoms with Crippen molar-refractivity contribution in [2.24, 2.45) is 5.41 Å². The molecule has 0 bridgehead atoms. The summed E-state index contributed by atoms with van der Waals surface area (Å²) in [5.41, 5.74) is 0.219. The molecule has 3 nitrogen and oxygen atoms in total. The molecule has 0 unspecified atom stereocenters. The maximum atomic E-state index is 12.0. The molecule has 0 radical (unpaired) electrons. The molecule has 1 atom stereocenters. The second-order valence-electron chi connectivity index (χ2n) is 4.46. The van der Waals surface area contributed by atoms with Gasteiger partial charge in [0.05, 0.1) is 6.07 Å². The smallest absolute Gasteiger partial charge is 0.159 e. The molecule has 1 rings (SSSR count). The van der Waals surface area contributed by atoms with Crippen LogP contribution in [0.2, 0.25) is 0 Å². The highest BCUT2D eigenvalue weighted by Gasteiger charge is 2.30. The number of ketones is 1. The van der Waals surface area contributed by atoms with Crippen LogP contribution in [0.1, 0.15) is 32.3 Å². The van der Waals surface area contributed by atoms with Gasteiger partial charge in [-0.1, -0.05) is 20.8 Å². The fourth-order valence-corrected chi connectivity index (χ4v) is 1.27. The van der Waals surface area contributed by atoms with Gasteiger partial charge in [0.25, 0.3) is 0 Å². The van der Waals surface area contributed by atoms with E-state index < -0.39 is 11.3 Å². The van der Waals surface area contributed by atoms with Gasteiger partial charge >= 0.3 is 0 Å². The standard InChI is InChI=1S/C12H14N2O/c1-12(2,3)11(15)10(8-13)9-4-6-14-7-5-9/h4-7,10H,1-3H3/t10-/m0/s1. The van der Waals surface area contributed by atoms with Crippen molar-refractivity contribution in [3.8, 4) is 6.07 Å². The van der Waals surface area contributed by atoms with E-state index in [0.717, 1.165) is 0 Å². The van der Waals surface area contributed by atoms with E-state index in [1.807, 2.05) is 26.8 Å². The van der Waals surface area contributed by atoms with Gasteiger partial charge in [0.2, 0.25) is 0 Å². The summed E-state index contributed by atoms with van der Waals surface area (Å²) >= 11 is 0. The van der Waals surface area contributed by atoms with E-state index in [-0.39, 0.29) is 5.78 Å². The van der Waals surface area contributed by atoms with E-state index in [9.17, 15) is 4.79 Å². The van der Waals surface area contributed by atoms with Gasteiger partial charge in [-0.25, -0.2) is 0 Å². The van der Waals surface area contributed by atoms with Crippen LogP contribution in [0.15, 0.2) is 24.5 Å². The number of Topliss-reactive ketones (excluding diaryl/α,β-unsaturated/α-hetero) is 1. The predicted molar refractivity (Wildman–Crippen MR) is 57.1 cm³/mol. The van der Waals surface area contributed by atoms with E-state index in [0.29, 0.717) is 5.56 Å². The van der Waals surface area contributed by atoms with Crippen molar-refractivity contribution in [1.29, 1.82) is 5.26 Å². The van der Waals surface area contributed by atoms with Crippen LogP contribution < -0.4 is 0 Å². The SMILES string of the molecule is CC(C)(C)C(=O)[C@@H](C#N)c1ccncc1. The Bertz CT molecular complexity index is 384. The summed E-state index contributed by atoms with van der Waals surface area (Å²) in [6.45, 7) is 5.46. The Morgan fingerprint density at radius 1 is 1.40 bits per heavy atom. The molecule has 1 heterocycles. The zero-order valence-electron chi connectivity index (χ0n) is 9.19. The van der Waals surface area contributed by atoms with Gasteiger partial charge in [-0.05, 0) is 17.7 Å². The summed E-state index contributed by atoms with van der Waals surface area (Å²) in [5.74, 6) is -0.746. The molecule has 0 spiro atoms. The Labute approximate surface area is 89.8 Å². The van der Waals surface area contributed by atoms with Gasteiger partial charge in [-0.15, -0.1) is 0 Å². The average Bonchev–Trinajstić information content (AvgIpc) is 2.19. The normalized spacial score (nSPS) is 12.9. The molecule has 0 saturated carbocycles. The number of aromatic nitrogens is 1. The minimum Gasteiger partial charge on any atom is -0.297 e. The molecule has 78 valence electrons. The topological polar surface area (TPSA) is 53.8 Å². The Kier molecular flexibility index (Phi) is 3.21. The largest absolute Gasteiger partial charge is 0.297 e. The highest BCUT2D eigenvalue weighted by Crippen LogP contribution is 2.26. The number of pyridine rings is 1. The molecule has 0 saturated heterocycles. The maximum Gasteiger partial charge on any atom is 0.159 e. The summed E-state index contributed by atoms with van der Waals surface area (Å²) in [7, 11) is 0. The first kappa shape index (κ1) is 11.4. The fraction of sp³-hybridized carbons (Fsp3) is 0.417. The molecule has 0 aliphatic carbocycles. The van der Waals surface area contributed by atoms with Crippen LogP contribution in [0.4, 0.5) is 0 Å². The first-order valence-electron chi connectivity index (χ1n) is 4.80. The summed E-state index contributed by atoms with van der Waals surface area (Å²) in [6.07, 6.45) is 3.19. The number of hydrogen-bond donors (Lipinski definition) is 0. The Hall–Kier alpha value is -1.69. The highest BCUT2D eigenvalue weighted by molar-refractivity contribution is 5.92. The van der Waals surface area contributed by atoms with Crippen molar-refractivity contribution in [3.05, 3.63) is 30.1 Å². The number of nitriles is 1. The van der Waals surface area contributed by atoms with E-state index in [1.165, 1.54) is 0 Å². The second-order valence-corrected chi connectivity index (χ2v) is 4.46. The van der Waals surface area contributed by atoms with Gasteiger partial charge in [0.1, 0.15) is 5.92 Å². The quantitative estimate of drug-likeness (QED) is 0.739. The highest BCUT2D eigenvalue weighted by atomic mass is 16.1. The third-order valence-corrected chi connectivity index (χ3v) is 2.17. The van der Waals surface area contributed by atoms with Gasteiger partial charge in [-0.3, -0.25) is 9.78 Å². The Balaban J connectivity index is 3.03. The zero-order valence-corrected chi connectivity index (χ0v) is 9.19. The zero-order chi connectivity index (χ0) is 11.5. The molecule has 0 N–H and O–H groups in total. The molecule has 0 fully saturated rings. The van der Waals surface area contributed by atoms with Crippen molar-refractivity contribution in [2.75, 3.05) is 0 Å². The van der Waals surface area contributed by atoms with Gasteiger partial charge in [0.15, 0.2) is 5.78 Å². The first-order chi connectivity index (χ1) is 6.96. The van der Waals surface area contributed by atoms with Crippen LogP contribution >= 0.6 is 0 Å². The van der Waals surface area contributed by atoms with Crippen LogP contribution in [0.3, 0.4) is 0 Å². The van der Waals surface area contributed by atoms with Crippen molar-refractivity contribution in [1.82, 2.24) is 4.98 Å². The van der Waals surface area contributed by atoms with Crippen LogP contribution in [0.25, 0.3) is 0 Å². The Morgan fingerprint density at radius 3 is 2.33 bits per heavy atom. The molecule has 0 aliphatic heterocycles. The number of nitrogens with zero attached hydrogens (tertiary/aromatic N) is 2. The lowest BCUT2D eigenvalue weighted by molar-refractivity contribution is -0.126. The molecule has 3 heteroatoms. The lowest BCUT2D eigenvalue weighted by Gasteiger charge is -2.20. The van der Waals surface area contributed by atoms with Crippen molar-refractivity contribution < 1.29 is 4.79 Å². The minimum atomic E-state index is -0.687. The summed E-state index contributed by atoms with van der Waals surface area (Å²) < 4.78 is 0. The van der Waals surface area contributed by atoms with Crippen LogP contribution in [-0.4, -0.2) is 10.8 Å². The molecular formula is C12H14N2O. The van der Waals surface area contributed by atoms with E-state index in [1.54, 1.807) is 24.5 Å². The van der Waals surface area contributed by atoms with Crippen molar-refractivity contribution in [2.45, 2.75) is 26.7 Å². The van der Waals surface area contributed by atoms with Crippen molar-refractivity contribution in [3.63, 3.8) is 0 Å². The van der Waals surface area contributed by atoms with Crippen LogP contribution in [-0.2, 0) is 4.79 Å². The monoisotopic (exact) mass is 202 g/mol. The number of carbonyl (C=O) groups excluding carboxylic acids is 1. The van der Waals surface area contributed by atoms with Gasteiger partial charge in [-0.2, -0.15) is 5.26 Å². The number of rotatable bonds is 2. The molecule has 1 aromatic rings. The molecule has 0 aromatic carbocycles. The third-order valence-electron chi connectivity index (χ3n) is 2.17. The fourth-order valence-electron chi connectivity index (χ4n) is 1.27. The molecule has 0 amide bonds. The average molecular weight is 202 g/mol. The molecule has 15 heavy (non-hydrogen) atoms. The van der Waals surface area contributed by atoms with Crippen LogP contribution in [0.5, 0.6) is 0 Å². The third kappa shape index (κ3) is 2.63. The summed E-state index contributed by atoms with van der Waals surface area (Å²) in [6, 6.07) is 5.46. The number of carbonyl (C=O) groups is 1. The molecule has 0 aliphatic rings. The van der Waals surface area contributed by atoms with Gasteiger partial charge in [0, 0.05) is 17.8 Å². The second kappa shape index (κ2) is 4.22. The van der Waals surface area contributed by atoms with E-state index in [2.05, 4.69) is 4.98 Å². The predicted octanol–water partition coefficient (Wildman–Crippen LogP) is 2.30. The Morgan fingerprint density at radius 2 is 1.93 bits per heavy atom.